The van der Waals surface area contributed by atoms with Gasteiger partial charge in [0.15, 0.2) is 0 Å². The zero-order chi connectivity index (χ0) is 35.7. The summed E-state index contributed by atoms with van der Waals surface area (Å²) in [6.07, 6.45) is 0. The lowest BCUT2D eigenvalue weighted by Gasteiger charge is -2.28. The molecule has 0 amide bonds. The minimum atomic E-state index is -0.148. The van der Waals surface area contributed by atoms with Crippen LogP contribution in [0.25, 0.3) is 59.4 Å². The summed E-state index contributed by atoms with van der Waals surface area (Å²) < 4.78 is 4.99. The number of hydrogen-bond donors (Lipinski definition) is 0. The standard InChI is InChI=1S/C49H35ClN2S/c1-49(2)41-22-11-9-21-40(41)48-42(49)29-34(30-43(48)50)32-14-13-19-37(28-32)51(35-15-5-3-6-16-35)47-27-26-44(52(47)36-17-7-4-8-18-36)33-24-25-39-38-20-10-12-23-45(38)53-46(39)31-33/h3-31H,1-2H3. The Kier molecular flexibility index (Phi) is 7.43. The second-order valence-electron chi connectivity index (χ2n) is 14.3. The minimum Gasteiger partial charge on any atom is -0.296 e. The number of nitrogens with zero attached hydrogens (tertiary/aromatic N) is 2. The van der Waals surface area contributed by atoms with Gasteiger partial charge >= 0.3 is 0 Å². The van der Waals surface area contributed by atoms with E-state index in [4.69, 9.17) is 11.6 Å². The second kappa shape index (κ2) is 12.4. The van der Waals surface area contributed by atoms with Crippen molar-refractivity contribution in [1.82, 2.24) is 4.57 Å². The largest absolute Gasteiger partial charge is 0.296 e. The van der Waals surface area contributed by atoms with E-state index < -0.39 is 0 Å². The van der Waals surface area contributed by atoms with Crippen LogP contribution in [-0.4, -0.2) is 4.57 Å². The Morgan fingerprint density at radius 1 is 0.528 bits per heavy atom. The van der Waals surface area contributed by atoms with Crippen LogP contribution in [0.15, 0.2) is 176 Å². The lowest BCUT2D eigenvalue weighted by Crippen LogP contribution is -2.15. The number of fused-ring (bicyclic) bond motifs is 6. The van der Waals surface area contributed by atoms with E-state index in [1.54, 1.807) is 0 Å². The molecule has 0 unspecified atom stereocenters. The van der Waals surface area contributed by atoms with Gasteiger partial charge in [-0.1, -0.05) is 129 Å². The van der Waals surface area contributed by atoms with E-state index in [1.807, 2.05) is 11.3 Å². The van der Waals surface area contributed by atoms with Crippen molar-refractivity contribution in [1.29, 1.82) is 0 Å². The van der Waals surface area contributed by atoms with Crippen molar-refractivity contribution in [2.24, 2.45) is 0 Å². The average molecular weight is 719 g/mol. The normalized spacial score (nSPS) is 13.0. The van der Waals surface area contributed by atoms with Crippen molar-refractivity contribution in [2.75, 3.05) is 4.90 Å². The van der Waals surface area contributed by atoms with Gasteiger partial charge in [0.2, 0.25) is 0 Å². The van der Waals surface area contributed by atoms with Gasteiger partial charge in [0.05, 0.1) is 5.69 Å². The first kappa shape index (κ1) is 31.8. The van der Waals surface area contributed by atoms with E-state index in [0.29, 0.717) is 0 Å². The lowest BCUT2D eigenvalue weighted by molar-refractivity contribution is 0.660. The van der Waals surface area contributed by atoms with Crippen molar-refractivity contribution in [2.45, 2.75) is 19.3 Å². The molecule has 0 aliphatic heterocycles. The van der Waals surface area contributed by atoms with E-state index in [1.165, 1.54) is 42.4 Å². The highest BCUT2D eigenvalue weighted by Crippen LogP contribution is 2.53. The molecule has 2 heterocycles. The molecule has 0 radical (unpaired) electrons. The first-order chi connectivity index (χ1) is 26.0. The summed E-state index contributed by atoms with van der Waals surface area (Å²) in [5.41, 5.74) is 12.6. The molecule has 1 aliphatic rings. The number of anilines is 3. The third-order valence-corrected chi connectivity index (χ3v) is 12.3. The van der Waals surface area contributed by atoms with Crippen LogP contribution in [0.4, 0.5) is 17.2 Å². The number of benzene rings is 7. The van der Waals surface area contributed by atoms with Crippen LogP contribution in [0.5, 0.6) is 0 Å². The minimum absolute atomic E-state index is 0.148. The van der Waals surface area contributed by atoms with Crippen molar-refractivity contribution in [3.8, 4) is 39.2 Å². The summed E-state index contributed by atoms with van der Waals surface area (Å²) in [5, 5.41) is 3.40. The summed E-state index contributed by atoms with van der Waals surface area (Å²) in [6.45, 7) is 4.61. The van der Waals surface area contributed by atoms with Gasteiger partial charge in [-0.25, -0.2) is 0 Å². The Bertz CT molecular complexity index is 2830. The van der Waals surface area contributed by atoms with Gasteiger partial charge in [0.1, 0.15) is 5.82 Å². The molecule has 0 saturated heterocycles. The molecule has 0 fully saturated rings. The smallest absolute Gasteiger partial charge is 0.122 e. The Hall–Kier alpha value is -5.87. The van der Waals surface area contributed by atoms with E-state index in [-0.39, 0.29) is 5.41 Å². The van der Waals surface area contributed by atoms with Crippen LogP contribution >= 0.6 is 22.9 Å². The quantitative estimate of drug-likeness (QED) is 0.166. The molecule has 10 rings (SSSR count). The van der Waals surface area contributed by atoms with Crippen molar-refractivity contribution < 1.29 is 0 Å². The third-order valence-electron chi connectivity index (χ3n) is 10.9. The maximum absolute atomic E-state index is 7.17. The molecule has 0 bridgehead atoms. The number of halogens is 1. The molecule has 1 aliphatic carbocycles. The van der Waals surface area contributed by atoms with Gasteiger partial charge in [-0.3, -0.25) is 9.47 Å². The predicted molar refractivity (Wildman–Crippen MR) is 227 cm³/mol. The topological polar surface area (TPSA) is 8.17 Å². The van der Waals surface area contributed by atoms with E-state index in [2.05, 4.69) is 199 Å². The number of rotatable bonds is 6. The molecule has 53 heavy (non-hydrogen) atoms. The fourth-order valence-electron chi connectivity index (χ4n) is 8.31. The summed E-state index contributed by atoms with van der Waals surface area (Å²) >= 11 is 9.02. The summed E-state index contributed by atoms with van der Waals surface area (Å²) in [4.78, 5) is 2.37. The average Bonchev–Trinajstić information content (AvgIpc) is 3.86. The number of aromatic nitrogens is 1. The summed E-state index contributed by atoms with van der Waals surface area (Å²) in [6, 6.07) is 63.5. The Morgan fingerprint density at radius 3 is 2.09 bits per heavy atom. The number of hydrogen-bond acceptors (Lipinski definition) is 2. The molecule has 0 saturated carbocycles. The van der Waals surface area contributed by atoms with Crippen LogP contribution in [0.1, 0.15) is 25.0 Å². The van der Waals surface area contributed by atoms with E-state index in [0.717, 1.165) is 50.3 Å². The molecular formula is C49H35ClN2S. The lowest BCUT2D eigenvalue weighted by atomic mass is 9.81. The maximum atomic E-state index is 7.17. The van der Waals surface area contributed by atoms with Gasteiger partial charge in [0, 0.05) is 58.8 Å². The summed E-state index contributed by atoms with van der Waals surface area (Å²) in [5.74, 6) is 1.05. The molecule has 0 atom stereocenters. The highest BCUT2D eigenvalue weighted by Gasteiger charge is 2.37. The van der Waals surface area contributed by atoms with Gasteiger partial charge in [-0.15, -0.1) is 11.3 Å². The maximum Gasteiger partial charge on any atom is 0.122 e. The molecule has 254 valence electrons. The SMILES string of the molecule is CC1(C)c2ccccc2-c2c(Cl)cc(-c3cccc(N(c4ccccc4)c4ccc(-c5ccc6c(c5)sc5ccccc56)n4-c4ccccc4)c3)cc21. The second-order valence-corrected chi connectivity index (χ2v) is 15.8. The van der Waals surface area contributed by atoms with Crippen LogP contribution in [0.3, 0.4) is 0 Å². The summed E-state index contributed by atoms with van der Waals surface area (Å²) in [7, 11) is 0. The van der Waals surface area contributed by atoms with Gasteiger partial charge in [-0.05, 0) is 101 Å². The first-order valence-corrected chi connectivity index (χ1v) is 19.2. The zero-order valence-corrected chi connectivity index (χ0v) is 31.0. The molecular weight excluding hydrogens is 684 g/mol. The Balaban J connectivity index is 1.14. The highest BCUT2D eigenvalue weighted by molar-refractivity contribution is 7.25. The zero-order valence-electron chi connectivity index (χ0n) is 29.4. The Labute approximate surface area is 318 Å². The van der Waals surface area contributed by atoms with E-state index >= 15 is 0 Å². The highest BCUT2D eigenvalue weighted by atomic mass is 35.5. The fourth-order valence-corrected chi connectivity index (χ4v) is 9.77. The number of thiophene rings is 1. The molecule has 2 nitrogen and oxygen atoms in total. The molecule has 4 heteroatoms. The molecule has 0 N–H and O–H groups in total. The number of para-hydroxylation sites is 2. The van der Waals surface area contributed by atoms with Crippen LogP contribution in [0.2, 0.25) is 5.02 Å². The Morgan fingerprint density at radius 2 is 1.25 bits per heavy atom. The van der Waals surface area contributed by atoms with Crippen molar-refractivity contribution in [3.05, 3.63) is 192 Å². The monoisotopic (exact) mass is 718 g/mol. The van der Waals surface area contributed by atoms with Crippen LogP contribution < -0.4 is 4.90 Å². The fraction of sp³-hybridized carbons (Fsp3) is 0.0612. The van der Waals surface area contributed by atoms with Crippen molar-refractivity contribution >= 4 is 60.3 Å². The first-order valence-electron chi connectivity index (χ1n) is 18.0. The van der Waals surface area contributed by atoms with Gasteiger partial charge in [-0.2, -0.15) is 0 Å². The van der Waals surface area contributed by atoms with Crippen molar-refractivity contribution in [3.63, 3.8) is 0 Å². The van der Waals surface area contributed by atoms with Gasteiger partial charge < -0.3 is 0 Å². The predicted octanol–water partition coefficient (Wildman–Crippen LogP) is 14.6. The molecule has 9 aromatic rings. The van der Waals surface area contributed by atoms with Crippen LogP contribution in [-0.2, 0) is 5.41 Å². The molecule has 2 aromatic heterocycles. The molecule has 0 spiro atoms. The molecule has 7 aromatic carbocycles. The van der Waals surface area contributed by atoms with Crippen LogP contribution in [0, 0.1) is 0 Å². The van der Waals surface area contributed by atoms with E-state index in [9.17, 15) is 0 Å². The van der Waals surface area contributed by atoms with Gasteiger partial charge in [0.25, 0.3) is 0 Å². The third kappa shape index (κ3) is 5.15.